The van der Waals surface area contributed by atoms with Crippen LogP contribution in [0.15, 0.2) is 48.5 Å². The number of amides is 3. The molecule has 3 aromatic rings. The highest BCUT2D eigenvalue weighted by molar-refractivity contribution is 5.96. The van der Waals surface area contributed by atoms with Crippen molar-refractivity contribution in [2.24, 2.45) is 5.92 Å². The van der Waals surface area contributed by atoms with Crippen molar-refractivity contribution < 1.29 is 9.59 Å². The number of nitrogens with one attached hydrogen (secondary N) is 2. The summed E-state index contributed by atoms with van der Waals surface area (Å²) in [4.78, 5) is 32.2. The van der Waals surface area contributed by atoms with Crippen LogP contribution >= 0.6 is 0 Å². The van der Waals surface area contributed by atoms with Crippen LogP contribution in [-0.4, -0.2) is 34.1 Å². The fourth-order valence-electron chi connectivity index (χ4n) is 3.93. The topological polar surface area (TPSA) is 79.3 Å². The van der Waals surface area contributed by atoms with Gasteiger partial charge in [-0.05, 0) is 37.0 Å². The lowest BCUT2D eigenvalue weighted by atomic mass is 10.0. The molecule has 2 heterocycles. The SMILES string of the molecule is Cc1ccc(CNC(=O)C(CC(C)C)NC(=O)N2CCn3c2nc2ccccc23)cc1. The predicted octanol–water partition coefficient (Wildman–Crippen LogP) is 3.61. The predicted molar refractivity (Wildman–Crippen MR) is 122 cm³/mol. The zero-order valence-corrected chi connectivity index (χ0v) is 18.3. The largest absolute Gasteiger partial charge is 0.350 e. The molecule has 0 spiro atoms. The van der Waals surface area contributed by atoms with E-state index in [9.17, 15) is 9.59 Å². The van der Waals surface area contributed by atoms with Crippen LogP contribution in [0.25, 0.3) is 11.0 Å². The van der Waals surface area contributed by atoms with Crippen molar-refractivity contribution in [1.82, 2.24) is 20.2 Å². The van der Waals surface area contributed by atoms with Crippen LogP contribution in [0.1, 0.15) is 31.4 Å². The highest BCUT2D eigenvalue weighted by atomic mass is 16.2. The van der Waals surface area contributed by atoms with Gasteiger partial charge in [-0.2, -0.15) is 0 Å². The van der Waals surface area contributed by atoms with Crippen LogP contribution in [0.2, 0.25) is 0 Å². The Balaban J connectivity index is 1.44. The molecule has 2 aromatic carbocycles. The molecule has 0 aliphatic carbocycles. The maximum Gasteiger partial charge on any atom is 0.324 e. The summed E-state index contributed by atoms with van der Waals surface area (Å²) in [7, 11) is 0. The second kappa shape index (κ2) is 8.79. The van der Waals surface area contributed by atoms with E-state index in [1.807, 2.05) is 73.9 Å². The molecule has 0 bridgehead atoms. The van der Waals surface area contributed by atoms with E-state index in [0.717, 1.165) is 16.6 Å². The van der Waals surface area contributed by atoms with E-state index < -0.39 is 6.04 Å². The summed E-state index contributed by atoms with van der Waals surface area (Å²) in [6, 6.07) is 15.0. The number of hydrogen-bond donors (Lipinski definition) is 2. The molecule has 1 aliphatic heterocycles. The number of anilines is 1. The summed E-state index contributed by atoms with van der Waals surface area (Å²) in [6.45, 7) is 7.78. The molecule has 4 rings (SSSR count). The van der Waals surface area contributed by atoms with Crippen LogP contribution in [-0.2, 0) is 17.9 Å². The van der Waals surface area contributed by atoms with Gasteiger partial charge in [-0.15, -0.1) is 0 Å². The molecular weight excluding hydrogens is 390 g/mol. The van der Waals surface area contributed by atoms with Crippen LogP contribution in [0.4, 0.5) is 10.7 Å². The van der Waals surface area contributed by atoms with E-state index in [-0.39, 0.29) is 17.9 Å². The Kier molecular flexibility index (Phi) is 5.93. The van der Waals surface area contributed by atoms with Crippen LogP contribution < -0.4 is 15.5 Å². The first kappa shape index (κ1) is 20.9. The minimum atomic E-state index is -0.601. The highest BCUT2D eigenvalue weighted by Crippen LogP contribution is 2.27. The van der Waals surface area contributed by atoms with Gasteiger partial charge in [0.1, 0.15) is 6.04 Å². The minimum Gasteiger partial charge on any atom is -0.350 e. The molecule has 7 heteroatoms. The number of rotatable bonds is 6. The molecule has 31 heavy (non-hydrogen) atoms. The minimum absolute atomic E-state index is 0.171. The van der Waals surface area contributed by atoms with E-state index in [2.05, 4.69) is 15.6 Å². The Morgan fingerprint density at radius 1 is 1.06 bits per heavy atom. The number of urea groups is 1. The Bertz CT molecular complexity index is 1090. The standard InChI is InChI=1S/C24H29N5O2/c1-16(2)14-20(22(30)25-15-18-10-8-17(3)9-11-18)27-24(31)29-13-12-28-21-7-5-4-6-19(21)26-23(28)29/h4-11,16,20H,12-15H2,1-3H3,(H,25,30)(H,27,31). The van der Waals surface area contributed by atoms with Gasteiger partial charge in [0.15, 0.2) is 0 Å². The molecule has 162 valence electrons. The number of fused-ring (bicyclic) bond motifs is 3. The normalized spacial score (nSPS) is 14.0. The summed E-state index contributed by atoms with van der Waals surface area (Å²) < 4.78 is 2.05. The summed E-state index contributed by atoms with van der Waals surface area (Å²) in [5.74, 6) is 0.718. The number of nitrogens with zero attached hydrogens (tertiary/aromatic N) is 3. The zero-order valence-electron chi connectivity index (χ0n) is 18.3. The molecule has 0 radical (unpaired) electrons. The van der Waals surface area contributed by atoms with Gasteiger partial charge in [0.2, 0.25) is 11.9 Å². The van der Waals surface area contributed by atoms with Crippen molar-refractivity contribution in [3.8, 4) is 0 Å². The van der Waals surface area contributed by atoms with Crippen molar-refractivity contribution in [2.75, 3.05) is 11.4 Å². The number of imidazole rings is 1. The number of carbonyl (C=O) groups excluding carboxylic acids is 2. The van der Waals surface area contributed by atoms with Gasteiger partial charge in [0, 0.05) is 19.6 Å². The Morgan fingerprint density at radius 3 is 2.55 bits per heavy atom. The second-order valence-electron chi connectivity index (χ2n) is 8.54. The number of carbonyl (C=O) groups is 2. The van der Waals surface area contributed by atoms with Gasteiger partial charge >= 0.3 is 6.03 Å². The van der Waals surface area contributed by atoms with Gasteiger partial charge in [0.25, 0.3) is 0 Å². The van der Waals surface area contributed by atoms with Crippen LogP contribution in [0, 0.1) is 12.8 Å². The summed E-state index contributed by atoms with van der Waals surface area (Å²) in [5, 5.41) is 5.91. The van der Waals surface area contributed by atoms with Crippen LogP contribution in [0.5, 0.6) is 0 Å². The third-order valence-electron chi connectivity index (χ3n) is 5.58. The molecule has 0 fully saturated rings. The maximum atomic E-state index is 13.1. The highest BCUT2D eigenvalue weighted by Gasteiger charge is 2.31. The molecule has 1 atom stereocenters. The lowest BCUT2D eigenvalue weighted by molar-refractivity contribution is -0.123. The summed E-state index contributed by atoms with van der Waals surface area (Å²) in [5.41, 5.74) is 4.09. The van der Waals surface area contributed by atoms with E-state index in [1.165, 1.54) is 5.56 Å². The van der Waals surface area contributed by atoms with Crippen molar-refractivity contribution in [3.63, 3.8) is 0 Å². The number of para-hydroxylation sites is 2. The fraction of sp³-hybridized carbons (Fsp3) is 0.375. The number of aryl methyl sites for hydroxylation is 1. The van der Waals surface area contributed by atoms with Gasteiger partial charge in [0.05, 0.1) is 11.0 Å². The van der Waals surface area contributed by atoms with Gasteiger partial charge in [-0.1, -0.05) is 55.8 Å². The van der Waals surface area contributed by atoms with Crippen molar-refractivity contribution in [2.45, 2.75) is 46.3 Å². The second-order valence-corrected chi connectivity index (χ2v) is 8.54. The molecular formula is C24H29N5O2. The summed E-state index contributed by atoms with van der Waals surface area (Å²) in [6.07, 6.45) is 0.565. The Hall–Kier alpha value is -3.35. The third kappa shape index (κ3) is 4.55. The third-order valence-corrected chi connectivity index (χ3v) is 5.58. The first-order valence-electron chi connectivity index (χ1n) is 10.8. The number of hydrogen-bond acceptors (Lipinski definition) is 3. The van der Waals surface area contributed by atoms with E-state index in [0.29, 0.717) is 32.0 Å². The van der Waals surface area contributed by atoms with Crippen molar-refractivity contribution in [1.29, 1.82) is 0 Å². The van der Waals surface area contributed by atoms with Crippen LogP contribution in [0.3, 0.4) is 0 Å². The van der Waals surface area contributed by atoms with Crippen molar-refractivity contribution in [3.05, 3.63) is 59.7 Å². The Labute approximate surface area is 182 Å². The molecule has 0 saturated carbocycles. The summed E-state index contributed by atoms with van der Waals surface area (Å²) >= 11 is 0. The molecule has 1 unspecified atom stereocenters. The average Bonchev–Trinajstić information content (AvgIpc) is 3.31. The van der Waals surface area contributed by atoms with E-state index in [4.69, 9.17) is 0 Å². The molecule has 7 nitrogen and oxygen atoms in total. The van der Waals surface area contributed by atoms with E-state index >= 15 is 0 Å². The first-order valence-corrected chi connectivity index (χ1v) is 10.8. The fourth-order valence-corrected chi connectivity index (χ4v) is 3.93. The lowest BCUT2D eigenvalue weighted by Crippen LogP contribution is -2.51. The monoisotopic (exact) mass is 419 g/mol. The Morgan fingerprint density at radius 2 is 1.81 bits per heavy atom. The number of aromatic nitrogens is 2. The average molecular weight is 420 g/mol. The molecule has 1 aromatic heterocycles. The van der Waals surface area contributed by atoms with E-state index in [1.54, 1.807) is 4.90 Å². The molecule has 0 saturated heterocycles. The number of benzene rings is 2. The molecule has 1 aliphatic rings. The van der Waals surface area contributed by atoms with Crippen molar-refractivity contribution >= 4 is 28.9 Å². The van der Waals surface area contributed by atoms with Gasteiger partial charge in [-0.3, -0.25) is 9.69 Å². The quantitative estimate of drug-likeness (QED) is 0.641. The smallest absolute Gasteiger partial charge is 0.324 e. The first-order chi connectivity index (χ1) is 14.9. The molecule has 2 N–H and O–H groups in total. The van der Waals surface area contributed by atoms with Gasteiger partial charge in [-0.25, -0.2) is 9.78 Å². The zero-order chi connectivity index (χ0) is 22.0. The lowest BCUT2D eigenvalue weighted by Gasteiger charge is -2.23. The van der Waals surface area contributed by atoms with Gasteiger partial charge < -0.3 is 15.2 Å². The molecule has 3 amide bonds. The maximum absolute atomic E-state index is 13.1.